The molecule has 15 heavy (non-hydrogen) atoms. The van der Waals surface area contributed by atoms with Gasteiger partial charge < -0.3 is 20.4 Å². The topological polar surface area (TPSA) is 125 Å². The van der Waals surface area contributed by atoms with E-state index in [0.717, 1.165) is 0 Å². The van der Waals surface area contributed by atoms with Crippen molar-refractivity contribution in [1.82, 2.24) is 0 Å². The first kappa shape index (κ1) is 11.4. The van der Waals surface area contributed by atoms with Crippen molar-refractivity contribution >= 4 is 21.8 Å². The summed E-state index contributed by atoms with van der Waals surface area (Å²) in [5, 5.41) is 0. The SMILES string of the molecule is COc1cc(N)c(OS(=O)(=O)O)c(N)c1. The van der Waals surface area contributed by atoms with Crippen LogP contribution in [0.3, 0.4) is 0 Å². The van der Waals surface area contributed by atoms with Crippen molar-refractivity contribution in [2.24, 2.45) is 0 Å². The lowest BCUT2D eigenvalue weighted by molar-refractivity contribution is 0.386. The van der Waals surface area contributed by atoms with Gasteiger partial charge in [0.25, 0.3) is 0 Å². The van der Waals surface area contributed by atoms with Gasteiger partial charge in [-0.3, -0.25) is 4.55 Å². The number of ether oxygens (including phenoxy) is 1. The molecule has 0 radical (unpaired) electrons. The molecule has 0 fully saturated rings. The smallest absolute Gasteiger partial charge is 0.446 e. The van der Waals surface area contributed by atoms with E-state index in [2.05, 4.69) is 4.18 Å². The first-order chi connectivity index (χ1) is 6.83. The fourth-order valence-corrected chi connectivity index (χ4v) is 1.37. The van der Waals surface area contributed by atoms with E-state index in [9.17, 15) is 8.42 Å². The molecule has 0 saturated carbocycles. The molecule has 1 rings (SSSR count). The molecule has 0 unspecified atom stereocenters. The van der Waals surface area contributed by atoms with E-state index in [-0.39, 0.29) is 17.1 Å². The lowest BCUT2D eigenvalue weighted by atomic mass is 10.2. The van der Waals surface area contributed by atoms with Gasteiger partial charge in [-0.1, -0.05) is 0 Å². The third kappa shape index (κ3) is 2.89. The Morgan fingerprint density at radius 2 is 1.73 bits per heavy atom. The Kier molecular flexibility index (Phi) is 2.91. The summed E-state index contributed by atoms with van der Waals surface area (Å²) < 4.78 is 38.4. The molecule has 84 valence electrons. The number of methoxy groups -OCH3 is 1. The molecule has 0 spiro atoms. The highest BCUT2D eigenvalue weighted by Crippen LogP contribution is 2.34. The predicted molar refractivity (Wildman–Crippen MR) is 54.0 cm³/mol. The van der Waals surface area contributed by atoms with E-state index in [0.29, 0.717) is 5.75 Å². The molecule has 1 aromatic rings. The fourth-order valence-electron chi connectivity index (χ4n) is 0.965. The van der Waals surface area contributed by atoms with Crippen molar-refractivity contribution in [2.75, 3.05) is 18.6 Å². The maximum atomic E-state index is 10.5. The van der Waals surface area contributed by atoms with Gasteiger partial charge in [-0.15, -0.1) is 0 Å². The fraction of sp³-hybridized carbons (Fsp3) is 0.143. The molecule has 8 heteroatoms. The second-order valence-electron chi connectivity index (χ2n) is 2.65. The third-order valence-electron chi connectivity index (χ3n) is 1.54. The molecule has 0 heterocycles. The molecule has 7 nitrogen and oxygen atoms in total. The van der Waals surface area contributed by atoms with Crippen molar-refractivity contribution in [3.63, 3.8) is 0 Å². The number of hydrogen-bond donors (Lipinski definition) is 3. The van der Waals surface area contributed by atoms with Gasteiger partial charge in [-0.2, -0.15) is 8.42 Å². The second kappa shape index (κ2) is 3.83. The molecule has 0 aliphatic carbocycles. The highest BCUT2D eigenvalue weighted by molar-refractivity contribution is 7.81. The minimum Gasteiger partial charge on any atom is -0.497 e. The zero-order valence-electron chi connectivity index (χ0n) is 7.80. The van der Waals surface area contributed by atoms with E-state index >= 15 is 0 Å². The van der Waals surface area contributed by atoms with Crippen molar-refractivity contribution < 1.29 is 21.9 Å². The molecule has 0 amide bonds. The average molecular weight is 234 g/mol. The Bertz CT molecular complexity index is 447. The van der Waals surface area contributed by atoms with Crippen LogP contribution in [0.5, 0.6) is 11.5 Å². The third-order valence-corrected chi connectivity index (χ3v) is 1.92. The molecule has 0 aliphatic heterocycles. The van der Waals surface area contributed by atoms with Crippen molar-refractivity contribution in [3.05, 3.63) is 12.1 Å². The summed E-state index contributed by atoms with van der Waals surface area (Å²) in [5.74, 6) is 0.0333. The minimum atomic E-state index is -4.64. The van der Waals surface area contributed by atoms with Crippen LogP contribution >= 0.6 is 0 Å². The van der Waals surface area contributed by atoms with Crippen LogP contribution in [0.2, 0.25) is 0 Å². The average Bonchev–Trinajstić information content (AvgIpc) is 2.09. The Labute approximate surface area is 86.5 Å². The van der Waals surface area contributed by atoms with Crippen molar-refractivity contribution in [1.29, 1.82) is 0 Å². The summed E-state index contributed by atoms with van der Waals surface area (Å²) in [5.41, 5.74) is 10.8. The van der Waals surface area contributed by atoms with Gasteiger partial charge in [0.1, 0.15) is 5.75 Å². The Morgan fingerprint density at radius 3 is 2.07 bits per heavy atom. The van der Waals surface area contributed by atoms with Gasteiger partial charge in [0.2, 0.25) is 0 Å². The number of rotatable bonds is 3. The summed E-state index contributed by atoms with van der Waals surface area (Å²) in [6.07, 6.45) is 0. The van der Waals surface area contributed by atoms with Gasteiger partial charge in [-0.05, 0) is 0 Å². The molecule has 0 atom stereocenters. The summed E-state index contributed by atoms with van der Waals surface area (Å²) in [7, 11) is -3.24. The summed E-state index contributed by atoms with van der Waals surface area (Å²) in [4.78, 5) is 0. The van der Waals surface area contributed by atoms with E-state index < -0.39 is 10.4 Å². The van der Waals surface area contributed by atoms with Crippen LogP contribution in [-0.4, -0.2) is 20.1 Å². The number of anilines is 2. The minimum absolute atomic E-state index is 0.0514. The van der Waals surface area contributed by atoms with Gasteiger partial charge in [0.15, 0.2) is 5.75 Å². The first-order valence-corrected chi connectivity index (χ1v) is 5.10. The van der Waals surface area contributed by atoms with Gasteiger partial charge >= 0.3 is 10.4 Å². The number of nitrogens with two attached hydrogens (primary N) is 2. The molecule has 0 aliphatic rings. The number of hydrogen-bond acceptors (Lipinski definition) is 6. The largest absolute Gasteiger partial charge is 0.497 e. The lowest BCUT2D eigenvalue weighted by Gasteiger charge is -2.09. The summed E-state index contributed by atoms with van der Waals surface area (Å²) >= 11 is 0. The van der Waals surface area contributed by atoms with Crippen LogP contribution in [0.15, 0.2) is 12.1 Å². The first-order valence-electron chi connectivity index (χ1n) is 3.73. The van der Waals surface area contributed by atoms with Crippen molar-refractivity contribution in [3.8, 4) is 11.5 Å². The highest BCUT2D eigenvalue weighted by atomic mass is 32.3. The van der Waals surface area contributed by atoms with Crippen LogP contribution in [0.4, 0.5) is 11.4 Å². The van der Waals surface area contributed by atoms with E-state index in [1.807, 2.05) is 0 Å². The van der Waals surface area contributed by atoms with Crippen LogP contribution in [0.25, 0.3) is 0 Å². The van der Waals surface area contributed by atoms with Gasteiger partial charge in [0.05, 0.1) is 18.5 Å². The number of benzene rings is 1. The maximum absolute atomic E-state index is 10.5. The molecular formula is C7H10N2O5S. The quantitative estimate of drug-likeness (QED) is 0.498. The zero-order valence-corrected chi connectivity index (χ0v) is 8.61. The molecule has 5 N–H and O–H groups in total. The second-order valence-corrected chi connectivity index (χ2v) is 3.67. The zero-order chi connectivity index (χ0) is 11.6. The Hall–Kier alpha value is -1.67. The van der Waals surface area contributed by atoms with Gasteiger partial charge in [-0.25, -0.2) is 0 Å². The normalized spacial score (nSPS) is 11.1. The molecule has 0 bridgehead atoms. The standard InChI is InChI=1S/C7H10N2O5S/c1-13-4-2-5(8)7(6(9)3-4)14-15(10,11)12/h2-3H,8-9H2,1H3,(H,10,11,12). The highest BCUT2D eigenvalue weighted by Gasteiger charge is 2.14. The van der Waals surface area contributed by atoms with Gasteiger partial charge in [0, 0.05) is 12.1 Å². The number of nitrogen functional groups attached to an aromatic ring is 2. The van der Waals surface area contributed by atoms with E-state index in [4.69, 9.17) is 20.8 Å². The molecule has 1 aromatic carbocycles. The van der Waals surface area contributed by atoms with Crippen LogP contribution in [0.1, 0.15) is 0 Å². The Morgan fingerprint density at radius 1 is 1.27 bits per heavy atom. The molecular weight excluding hydrogens is 224 g/mol. The van der Waals surface area contributed by atoms with Crippen LogP contribution < -0.4 is 20.4 Å². The molecule has 0 saturated heterocycles. The Balaban J connectivity index is 3.20. The monoisotopic (exact) mass is 234 g/mol. The van der Waals surface area contributed by atoms with E-state index in [1.54, 1.807) is 0 Å². The summed E-state index contributed by atoms with van der Waals surface area (Å²) in [6.45, 7) is 0. The summed E-state index contributed by atoms with van der Waals surface area (Å²) in [6, 6.07) is 2.63. The molecule has 0 aromatic heterocycles. The van der Waals surface area contributed by atoms with E-state index in [1.165, 1.54) is 19.2 Å². The maximum Gasteiger partial charge on any atom is 0.446 e. The van der Waals surface area contributed by atoms with Crippen LogP contribution in [-0.2, 0) is 10.4 Å². The van der Waals surface area contributed by atoms with Crippen LogP contribution in [0, 0.1) is 0 Å². The van der Waals surface area contributed by atoms with Crippen molar-refractivity contribution in [2.45, 2.75) is 0 Å². The predicted octanol–water partition coefficient (Wildman–Crippen LogP) is 0.0412. The lowest BCUT2D eigenvalue weighted by Crippen LogP contribution is -2.10.